The highest BCUT2D eigenvalue weighted by molar-refractivity contribution is 5.73. The van der Waals surface area contributed by atoms with E-state index in [-0.39, 0.29) is 0 Å². The average Bonchev–Trinajstić information content (AvgIpc) is 3.24. The third-order valence-electron chi connectivity index (χ3n) is 11.1. The van der Waals surface area contributed by atoms with Crippen LogP contribution in [0.25, 0.3) is 0 Å². The molecule has 17 N–H and O–H groups in total. The van der Waals surface area contributed by atoms with Crippen molar-refractivity contribution in [1.29, 1.82) is 0 Å². The van der Waals surface area contributed by atoms with E-state index in [1.165, 1.54) is 0 Å². The largest absolute Gasteiger partial charge is 0.394 e. The van der Waals surface area contributed by atoms with Crippen molar-refractivity contribution in [2.24, 2.45) is 0 Å². The first kappa shape index (κ1) is 51.0. The minimum atomic E-state index is -2.22. The number of hydrogen-bond donors (Lipinski definition) is 17. The molecule has 5 aliphatic heterocycles. The first-order chi connectivity index (χ1) is 29.3. The molecule has 5 heterocycles. The number of rotatable bonds is 15. The molecule has 0 aromatic rings. The summed E-state index contributed by atoms with van der Waals surface area (Å²) in [7, 11) is 0. The zero-order valence-electron chi connectivity index (χ0n) is 33.2. The molecule has 0 unspecified atom stereocenters. The van der Waals surface area contributed by atoms with Crippen LogP contribution in [0.3, 0.4) is 0 Å². The van der Waals surface area contributed by atoms with Crippen LogP contribution in [0, 0.1) is 0 Å². The van der Waals surface area contributed by atoms with Crippen LogP contribution in [-0.2, 0) is 52.2 Å². The predicted molar refractivity (Wildman–Crippen MR) is 190 cm³/mol. The van der Waals surface area contributed by atoms with Gasteiger partial charge in [-0.2, -0.15) is 0 Å². The average molecular weight is 911 g/mol. The highest BCUT2D eigenvalue weighted by atomic mass is 16.8. The lowest BCUT2D eigenvalue weighted by molar-refractivity contribution is -0.394. The Hall–Kier alpha value is -2.02. The van der Waals surface area contributed by atoms with E-state index in [0.717, 1.165) is 13.8 Å². The standard InChI is InChI=1S/C34H58N2O26/c1-8(42)35-15-19(46)17(44)10(3-37)55-31(15)61-28-14(7-41)58-34(60-27-12(5-39)54-30(53)23(50)22(27)49)25(52)29(28)62-32-16(36-9(2)43)20(47)26(13(6-40)57-32)59-33-24(51)21(48)18(45)11(4-38)56-33/h10-34,37-41,44-53H,3-7H2,1-2H3,(H,35,42)(H,36,43)/t10-,11-,12-,13-,14-,15-,16-,17+,18+,19-,20-,21+,22-,23-,24-,25-,26+,27-,28+,29-,30-,31+,32+,33+,34+/m1/s1. The van der Waals surface area contributed by atoms with Gasteiger partial charge in [-0.25, -0.2) is 0 Å². The molecule has 0 spiro atoms. The van der Waals surface area contributed by atoms with Gasteiger partial charge in [0, 0.05) is 13.8 Å². The maximum Gasteiger partial charge on any atom is 0.217 e. The topological polar surface area (TPSA) is 445 Å². The van der Waals surface area contributed by atoms with Crippen molar-refractivity contribution in [1.82, 2.24) is 10.6 Å². The van der Waals surface area contributed by atoms with E-state index in [2.05, 4.69) is 10.6 Å². The van der Waals surface area contributed by atoms with Crippen LogP contribution in [0.5, 0.6) is 0 Å². The van der Waals surface area contributed by atoms with Crippen molar-refractivity contribution in [3.05, 3.63) is 0 Å². The van der Waals surface area contributed by atoms with Crippen molar-refractivity contribution in [3.8, 4) is 0 Å². The Morgan fingerprint density at radius 2 is 0.758 bits per heavy atom. The number of nitrogens with one attached hydrogen (secondary N) is 2. The molecule has 5 rings (SSSR count). The molecular formula is C34H58N2O26. The van der Waals surface area contributed by atoms with Crippen molar-refractivity contribution < 1.29 is 129 Å². The molecule has 0 aliphatic carbocycles. The van der Waals surface area contributed by atoms with E-state index in [0.29, 0.717) is 0 Å². The van der Waals surface area contributed by atoms with Gasteiger partial charge in [0.15, 0.2) is 31.5 Å². The van der Waals surface area contributed by atoms with Gasteiger partial charge in [0.1, 0.15) is 122 Å². The highest BCUT2D eigenvalue weighted by Gasteiger charge is 2.58. The minimum Gasteiger partial charge on any atom is -0.394 e. The second-order valence-electron chi connectivity index (χ2n) is 15.4. The Balaban J connectivity index is 1.51. The Morgan fingerprint density at radius 1 is 0.387 bits per heavy atom. The Bertz CT molecular complexity index is 1440. The van der Waals surface area contributed by atoms with Gasteiger partial charge in [0.25, 0.3) is 0 Å². The smallest absolute Gasteiger partial charge is 0.217 e. The van der Waals surface area contributed by atoms with Crippen LogP contribution in [0.15, 0.2) is 0 Å². The van der Waals surface area contributed by atoms with Gasteiger partial charge in [0.05, 0.1) is 33.0 Å². The number of aliphatic hydroxyl groups is 15. The number of carbonyl (C=O) groups is 2. The lowest BCUT2D eigenvalue weighted by atomic mass is 9.93. The Labute approximate surface area is 351 Å². The molecule has 5 saturated heterocycles. The summed E-state index contributed by atoms with van der Waals surface area (Å²) in [4.78, 5) is 24.8. The third kappa shape index (κ3) is 10.8. The van der Waals surface area contributed by atoms with E-state index in [4.69, 9.17) is 42.6 Å². The molecule has 28 heteroatoms. The SMILES string of the molecule is CC(=O)N[C@H]1[C@H](O[C@@H]2[C@@H](O)[C@H](O[C@H]3[C@H](O)[C@@H](O)[C@H](O)O[C@@H]3CO)O[C@H](CO)[C@@H]2O[C@@H]2O[C@H](CO)[C@H](O)[C@H](O)[C@H]2NC(C)=O)O[C@H](CO)[C@H](O[C@@H]2O[C@H](CO)[C@H](O)[C@H](O)[C@H]2O)[C@@H]1O. The van der Waals surface area contributed by atoms with Crippen LogP contribution in [0.1, 0.15) is 13.8 Å². The molecule has 25 atom stereocenters. The third-order valence-corrected chi connectivity index (χ3v) is 11.1. The van der Waals surface area contributed by atoms with Gasteiger partial charge in [-0.1, -0.05) is 0 Å². The molecule has 360 valence electrons. The van der Waals surface area contributed by atoms with Crippen molar-refractivity contribution in [2.75, 3.05) is 33.0 Å². The van der Waals surface area contributed by atoms with E-state index in [1.807, 2.05) is 0 Å². The van der Waals surface area contributed by atoms with Crippen LogP contribution in [0.4, 0.5) is 0 Å². The molecule has 0 saturated carbocycles. The number of aliphatic hydroxyl groups excluding tert-OH is 15. The van der Waals surface area contributed by atoms with Crippen molar-refractivity contribution in [2.45, 2.75) is 167 Å². The van der Waals surface area contributed by atoms with Crippen molar-refractivity contribution >= 4 is 11.8 Å². The summed E-state index contributed by atoms with van der Waals surface area (Å²) >= 11 is 0. The first-order valence-corrected chi connectivity index (χ1v) is 19.6. The van der Waals surface area contributed by atoms with Gasteiger partial charge in [-0.15, -0.1) is 0 Å². The minimum absolute atomic E-state index is 0.766. The molecule has 2 amide bonds. The quantitative estimate of drug-likeness (QED) is 0.0725. The van der Waals surface area contributed by atoms with Crippen molar-refractivity contribution in [3.63, 3.8) is 0 Å². The number of ether oxygens (including phenoxy) is 9. The second kappa shape index (κ2) is 22.0. The zero-order chi connectivity index (χ0) is 45.9. The van der Waals surface area contributed by atoms with Gasteiger partial charge in [0.2, 0.25) is 11.8 Å². The van der Waals surface area contributed by atoms with Gasteiger partial charge in [-0.05, 0) is 0 Å². The molecule has 0 radical (unpaired) electrons. The summed E-state index contributed by atoms with van der Waals surface area (Å²) in [5, 5.41) is 163. The first-order valence-electron chi connectivity index (χ1n) is 19.6. The molecule has 5 fully saturated rings. The van der Waals surface area contributed by atoms with Gasteiger partial charge >= 0.3 is 0 Å². The monoisotopic (exact) mass is 910 g/mol. The Kier molecular flexibility index (Phi) is 18.1. The summed E-state index contributed by atoms with van der Waals surface area (Å²) < 4.78 is 51.7. The zero-order valence-corrected chi connectivity index (χ0v) is 33.2. The lowest BCUT2D eigenvalue weighted by Gasteiger charge is -2.51. The maximum atomic E-state index is 12.6. The number of amides is 2. The molecular weight excluding hydrogens is 852 g/mol. The predicted octanol–water partition coefficient (Wildman–Crippen LogP) is -11.6. The van der Waals surface area contributed by atoms with E-state index in [9.17, 15) is 86.2 Å². The molecule has 0 aromatic heterocycles. The summed E-state index contributed by atoms with van der Waals surface area (Å²) in [6, 6.07) is -3.39. The summed E-state index contributed by atoms with van der Waals surface area (Å²) in [5.74, 6) is -1.61. The van der Waals surface area contributed by atoms with Gasteiger partial charge in [-0.3, -0.25) is 9.59 Å². The molecule has 0 aromatic carbocycles. The molecule has 0 bridgehead atoms. The van der Waals surface area contributed by atoms with Gasteiger partial charge < -0.3 is 130 Å². The van der Waals surface area contributed by atoms with E-state index < -0.39 is 198 Å². The molecule has 62 heavy (non-hydrogen) atoms. The normalized spacial score (nSPS) is 49.0. The van der Waals surface area contributed by atoms with Crippen LogP contribution in [0.2, 0.25) is 0 Å². The summed E-state index contributed by atoms with van der Waals surface area (Å²) in [5.41, 5.74) is 0. The van der Waals surface area contributed by atoms with Crippen LogP contribution in [-0.4, -0.2) is 275 Å². The fourth-order valence-corrected chi connectivity index (χ4v) is 7.83. The Morgan fingerprint density at radius 3 is 1.27 bits per heavy atom. The fourth-order valence-electron chi connectivity index (χ4n) is 7.83. The highest BCUT2D eigenvalue weighted by Crippen LogP contribution is 2.37. The molecule has 5 aliphatic rings. The lowest BCUT2D eigenvalue weighted by Crippen LogP contribution is -2.71. The van der Waals surface area contributed by atoms with Crippen LogP contribution < -0.4 is 10.6 Å². The summed E-state index contributed by atoms with van der Waals surface area (Å²) in [6.45, 7) is -2.68. The van der Waals surface area contributed by atoms with E-state index >= 15 is 0 Å². The maximum absolute atomic E-state index is 12.6. The van der Waals surface area contributed by atoms with Crippen LogP contribution >= 0.6 is 0 Å². The second-order valence-corrected chi connectivity index (χ2v) is 15.4. The fraction of sp³-hybridized carbons (Fsp3) is 0.941. The number of hydrogen-bond acceptors (Lipinski definition) is 26. The van der Waals surface area contributed by atoms with E-state index in [1.54, 1.807) is 0 Å². The molecule has 28 nitrogen and oxygen atoms in total. The number of carbonyl (C=O) groups excluding carboxylic acids is 2. The summed E-state index contributed by atoms with van der Waals surface area (Å²) in [6.07, 6.45) is -42.9.